The summed E-state index contributed by atoms with van der Waals surface area (Å²) < 4.78 is 0. The lowest BCUT2D eigenvalue weighted by Gasteiger charge is -2.33. The summed E-state index contributed by atoms with van der Waals surface area (Å²) in [6.07, 6.45) is 0. The van der Waals surface area contributed by atoms with Crippen molar-refractivity contribution in [2.45, 2.75) is 99.2 Å². The minimum atomic E-state index is -1.82. The fourth-order valence-electron chi connectivity index (χ4n) is 3.73. The van der Waals surface area contributed by atoms with Gasteiger partial charge in [-0.2, -0.15) is 0 Å². The Bertz CT molecular complexity index is 690. The van der Waals surface area contributed by atoms with Crippen molar-refractivity contribution in [3.63, 3.8) is 0 Å². The van der Waals surface area contributed by atoms with Crippen LogP contribution in [0.5, 0.6) is 0 Å². The molecule has 6 heteroatoms. The van der Waals surface area contributed by atoms with E-state index in [2.05, 4.69) is 24.6 Å². The van der Waals surface area contributed by atoms with Crippen molar-refractivity contribution in [2.24, 2.45) is 0 Å². The highest BCUT2D eigenvalue weighted by atomic mass is 28.3. The van der Waals surface area contributed by atoms with Gasteiger partial charge in [-0.3, -0.25) is 9.59 Å². The molecule has 0 radical (unpaired) electrons. The van der Waals surface area contributed by atoms with Crippen molar-refractivity contribution < 1.29 is 9.59 Å². The van der Waals surface area contributed by atoms with Gasteiger partial charge in [0.15, 0.2) is 0 Å². The fourth-order valence-corrected chi connectivity index (χ4v) is 5.19. The lowest BCUT2D eigenvalue weighted by Crippen LogP contribution is -2.49. The maximum atomic E-state index is 13.5. The molecule has 0 aliphatic rings. The first-order valence-corrected chi connectivity index (χ1v) is 13.9. The van der Waals surface area contributed by atoms with Crippen LogP contribution in [0.15, 0.2) is 12.1 Å². The van der Waals surface area contributed by atoms with Gasteiger partial charge in [-0.15, -0.1) is 0 Å². The first kappa shape index (κ1) is 24.3. The minimum absolute atomic E-state index is 0.0611. The van der Waals surface area contributed by atoms with Gasteiger partial charge in [0.1, 0.15) is 11.4 Å². The molecule has 28 heavy (non-hydrogen) atoms. The van der Waals surface area contributed by atoms with Crippen molar-refractivity contribution in [3.05, 3.63) is 23.5 Å². The molecule has 1 heterocycles. The second-order valence-electron chi connectivity index (χ2n) is 9.64. The van der Waals surface area contributed by atoms with E-state index in [4.69, 9.17) is 0 Å². The van der Waals surface area contributed by atoms with Crippen LogP contribution >= 0.6 is 0 Å². The molecular formula is C22H39N3O2Si. The third-order valence-electron chi connectivity index (χ3n) is 4.82. The van der Waals surface area contributed by atoms with Crippen LogP contribution in [0.3, 0.4) is 0 Å². The predicted molar refractivity (Wildman–Crippen MR) is 120 cm³/mol. The number of carbonyl (C=O) groups excluding carboxylic acids is 2. The van der Waals surface area contributed by atoms with Crippen LogP contribution < -0.4 is 5.19 Å². The van der Waals surface area contributed by atoms with Gasteiger partial charge in [0, 0.05) is 24.2 Å². The molecule has 0 saturated carbocycles. The second kappa shape index (κ2) is 9.20. The Kier molecular flexibility index (Phi) is 8.00. The molecule has 5 nitrogen and oxygen atoms in total. The van der Waals surface area contributed by atoms with Gasteiger partial charge < -0.3 is 9.80 Å². The van der Waals surface area contributed by atoms with Gasteiger partial charge in [0.2, 0.25) is 0 Å². The molecular weight excluding hydrogens is 366 g/mol. The zero-order chi connectivity index (χ0) is 22.0. The second-order valence-corrected chi connectivity index (χ2v) is 14.7. The Morgan fingerprint density at radius 1 is 0.750 bits per heavy atom. The first-order chi connectivity index (χ1) is 12.7. The average molecular weight is 406 g/mol. The molecule has 0 aliphatic heterocycles. The summed E-state index contributed by atoms with van der Waals surface area (Å²) in [5, 5.41) is 1.00. The van der Waals surface area contributed by atoms with Gasteiger partial charge >= 0.3 is 0 Å². The first-order valence-electron chi connectivity index (χ1n) is 10.4. The van der Waals surface area contributed by atoms with Crippen LogP contribution in [-0.4, -0.2) is 58.8 Å². The van der Waals surface area contributed by atoms with Crippen molar-refractivity contribution in [1.82, 2.24) is 14.8 Å². The summed E-state index contributed by atoms with van der Waals surface area (Å²) >= 11 is 0. The van der Waals surface area contributed by atoms with E-state index in [9.17, 15) is 9.59 Å². The van der Waals surface area contributed by atoms with Crippen molar-refractivity contribution in [2.75, 3.05) is 0 Å². The molecule has 0 saturated heterocycles. The zero-order valence-electron chi connectivity index (χ0n) is 19.6. The molecule has 1 aromatic heterocycles. The lowest BCUT2D eigenvalue weighted by molar-refractivity contribution is 0.0632. The Hall–Kier alpha value is -1.69. The Morgan fingerprint density at radius 2 is 1.14 bits per heavy atom. The van der Waals surface area contributed by atoms with E-state index in [-0.39, 0.29) is 36.0 Å². The third kappa shape index (κ3) is 5.43. The summed E-state index contributed by atoms with van der Waals surface area (Å²) in [5.74, 6) is -0.209. The molecule has 0 spiro atoms. The smallest absolute Gasteiger partial charge is 0.272 e. The van der Waals surface area contributed by atoms with Crippen molar-refractivity contribution in [1.29, 1.82) is 0 Å². The average Bonchev–Trinajstić information content (AvgIpc) is 2.51. The lowest BCUT2D eigenvalue weighted by atomic mass is 10.1. The van der Waals surface area contributed by atoms with Crippen LogP contribution in [0.2, 0.25) is 19.6 Å². The Morgan fingerprint density at radius 3 is 1.50 bits per heavy atom. The van der Waals surface area contributed by atoms with Gasteiger partial charge in [-0.1, -0.05) is 25.7 Å². The maximum absolute atomic E-state index is 13.5. The number of pyridine rings is 1. The highest BCUT2D eigenvalue weighted by molar-refractivity contribution is 6.89. The van der Waals surface area contributed by atoms with E-state index in [0.29, 0.717) is 11.4 Å². The summed E-state index contributed by atoms with van der Waals surface area (Å²) in [4.78, 5) is 34.9. The minimum Gasteiger partial charge on any atom is -0.332 e. The summed E-state index contributed by atoms with van der Waals surface area (Å²) in [7, 11) is -1.82. The highest BCUT2D eigenvalue weighted by Crippen LogP contribution is 2.16. The monoisotopic (exact) mass is 405 g/mol. The Balaban J connectivity index is 3.59. The molecule has 0 atom stereocenters. The number of nitrogens with zero attached hydrogens (tertiary/aromatic N) is 3. The quantitative estimate of drug-likeness (QED) is 0.641. The zero-order valence-corrected chi connectivity index (χ0v) is 20.6. The molecule has 0 N–H and O–H groups in total. The highest BCUT2D eigenvalue weighted by Gasteiger charge is 2.32. The van der Waals surface area contributed by atoms with E-state index in [1.165, 1.54) is 0 Å². The van der Waals surface area contributed by atoms with Crippen molar-refractivity contribution >= 4 is 25.1 Å². The van der Waals surface area contributed by atoms with Crippen molar-refractivity contribution in [3.8, 4) is 0 Å². The number of rotatable bonds is 7. The van der Waals surface area contributed by atoms with Crippen LogP contribution in [0.1, 0.15) is 76.4 Å². The fraction of sp³-hybridized carbons (Fsp3) is 0.682. The molecule has 2 amide bonds. The van der Waals surface area contributed by atoms with E-state index in [0.717, 1.165) is 5.19 Å². The van der Waals surface area contributed by atoms with E-state index >= 15 is 0 Å². The van der Waals surface area contributed by atoms with Crippen LogP contribution in [0.25, 0.3) is 0 Å². The molecule has 0 fully saturated rings. The van der Waals surface area contributed by atoms with Crippen LogP contribution in [-0.2, 0) is 0 Å². The van der Waals surface area contributed by atoms with E-state index in [1.807, 2.05) is 71.3 Å². The number of carbonyl (C=O) groups is 2. The molecule has 158 valence electrons. The van der Waals surface area contributed by atoms with Gasteiger partial charge in [-0.05, 0) is 66.6 Å². The third-order valence-corrected chi connectivity index (χ3v) is 6.84. The van der Waals surface area contributed by atoms with Gasteiger partial charge in [0.05, 0.1) is 8.07 Å². The topological polar surface area (TPSA) is 53.5 Å². The number of amides is 2. The summed E-state index contributed by atoms with van der Waals surface area (Å²) in [5.41, 5.74) is 0.792. The summed E-state index contributed by atoms with van der Waals surface area (Å²) in [6.45, 7) is 22.7. The number of hydrogen-bond donors (Lipinski definition) is 0. The molecule has 0 aliphatic carbocycles. The van der Waals surface area contributed by atoms with Crippen LogP contribution in [0, 0.1) is 0 Å². The molecule has 1 aromatic rings. The van der Waals surface area contributed by atoms with Crippen LogP contribution in [0.4, 0.5) is 0 Å². The largest absolute Gasteiger partial charge is 0.332 e. The van der Waals surface area contributed by atoms with Gasteiger partial charge in [0.25, 0.3) is 11.8 Å². The maximum Gasteiger partial charge on any atom is 0.272 e. The standard InChI is InChI=1S/C22H39N3O2Si/c1-14(2)24(15(3)4)21(26)18-12-13-19(28(9,10)11)20(23-18)22(27)25(16(5)6)17(7)8/h12-17H,1-11H3. The number of hydrogen-bond acceptors (Lipinski definition) is 3. The summed E-state index contributed by atoms with van der Waals surface area (Å²) in [6, 6.07) is 3.99. The molecule has 0 unspecified atom stereocenters. The SMILES string of the molecule is CC(C)N(C(=O)c1ccc([Si](C)(C)C)c(C(=O)N(C(C)C)C(C)C)n1)C(C)C. The van der Waals surface area contributed by atoms with E-state index in [1.54, 1.807) is 6.07 Å². The molecule has 1 rings (SSSR count). The predicted octanol–water partition coefficient (Wildman–Crippen LogP) is 4.14. The molecule has 0 aromatic carbocycles. The van der Waals surface area contributed by atoms with Gasteiger partial charge in [-0.25, -0.2) is 4.98 Å². The van der Waals surface area contributed by atoms with E-state index < -0.39 is 8.07 Å². The molecule has 0 bridgehead atoms. The number of aromatic nitrogens is 1. The normalized spacial score (nSPS) is 12.2. The Labute approximate surface area is 172 Å².